The number of tetrazole rings is 1. The van der Waals surface area contributed by atoms with E-state index in [2.05, 4.69) is 26.2 Å². The number of carbonyl (C=O) groups excluding carboxylic acids is 1. The molecule has 0 saturated heterocycles. The molecular formula is C11H14N6O. The molecule has 0 unspecified atom stereocenters. The van der Waals surface area contributed by atoms with Gasteiger partial charge in [-0.25, -0.2) is 4.68 Å². The number of aromatic nitrogens is 4. The van der Waals surface area contributed by atoms with Crippen LogP contribution in [0.25, 0.3) is 5.69 Å². The summed E-state index contributed by atoms with van der Waals surface area (Å²) >= 11 is 0. The van der Waals surface area contributed by atoms with Gasteiger partial charge in [0, 0.05) is 5.69 Å². The minimum absolute atomic E-state index is 0.0885. The third-order valence-corrected chi connectivity index (χ3v) is 2.45. The molecule has 0 aliphatic rings. The van der Waals surface area contributed by atoms with Gasteiger partial charge in [0.25, 0.3) is 0 Å². The Bertz CT molecular complexity index is 536. The van der Waals surface area contributed by atoms with E-state index in [0.717, 1.165) is 16.9 Å². The summed E-state index contributed by atoms with van der Waals surface area (Å²) in [6, 6.07) is 5.63. The number of rotatable bonds is 4. The van der Waals surface area contributed by atoms with Gasteiger partial charge in [-0.1, -0.05) is 6.07 Å². The highest BCUT2D eigenvalue weighted by Crippen LogP contribution is 2.18. The molecule has 2 aromatic rings. The molecule has 1 aromatic heterocycles. The summed E-state index contributed by atoms with van der Waals surface area (Å²) in [7, 11) is 1.73. The number of hydrogen-bond acceptors (Lipinski definition) is 5. The van der Waals surface area contributed by atoms with Crippen molar-refractivity contribution in [2.45, 2.75) is 6.92 Å². The van der Waals surface area contributed by atoms with E-state index in [0.29, 0.717) is 0 Å². The fourth-order valence-electron chi connectivity index (χ4n) is 1.52. The highest BCUT2D eigenvalue weighted by Gasteiger charge is 2.06. The molecule has 7 heteroatoms. The van der Waals surface area contributed by atoms with E-state index < -0.39 is 0 Å². The average Bonchev–Trinajstić information content (AvgIpc) is 2.86. The van der Waals surface area contributed by atoms with E-state index >= 15 is 0 Å². The van der Waals surface area contributed by atoms with Crippen molar-refractivity contribution >= 4 is 11.6 Å². The molecule has 0 radical (unpaired) electrons. The molecule has 0 saturated carbocycles. The lowest BCUT2D eigenvalue weighted by Crippen LogP contribution is -2.25. The molecule has 0 fully saturated rings. The largest absolute Gasteiger partial charge is 0.325 e. The Morgan fingerprint density at radius 2 is 2.28 bits per heavy atom. The first-order chi connectivity index (χ1) is 8.70. The molecule has 0 spiro atoms. The van der Waals surface area contributed by atoms with Gasteiger partial charge in [-0.3, -0.25) is 4.79 Å². The molecule has 0 aliphatic carbocycles. The van der Waals surface area contributed by atoms with Crippen molar-refractivity contribution in [2.75, 3.05) is 18.9 Å². The second kappa shape index (κ2) is 5.37. The molecule has 0 atom stereocenters. The first kappa shape index (κ1) is 12.2. The molecule has 18 heavy (non-hydrogen) atoms. The van der Waals surface area contributed by atoms with E-state index in [1.165, 1.54) is 11.0 Å². The minimum atomic E-state index is -0.0885. The van der Waals surface area contributed by atoms with Gasteiger partial charge in [0.1, 0.15) is 6.33 Å². The predicted molar refractivity (Wildman–Crippen MR) is 66.4 cm³/mol. The van der Waals surface area contributed by atoms with Crippen LogP contribution in [0.2, 0.25) is 0 Å². The Labute approximate surface area is 104 Å². The number of amides is 1. The number of benzene rings is 1. The minimum Gasteiger partial charge on any atom is -0.325 e. The summed E-state index contributed by atoms with van der Waals surface area (Å²) in [4.78, 5) is 11.5. The molecule has 2 N–H and O–H groups in total. The zero-order valence-electron chi connectivity index (χ0n) is 10.2. The van der Waals surface area contributed by atoms with Crippen molar-refractivity contribution in [1.29, 1.82) is 0 Å². The van der Waals surface area contributed by atoms with Gasteiger partial charge < -0.3 is 10.6 Å². The molecule has 2 rings (SSSR count). The Balaban J connectivity index is 2.24. The third-order valence-electron chi connectivity index (χ3n) is 2.45. The lowest BCUT2D eigenvalue weighted by atomic mass is 10.2. The van der Waals surface area contributed by atoms with Crippen LogP contribution in [0.3, 0.4) is 0 Å². The second-order valence-electron chi connectivity index (χ2n) is 3.83. The number of likely N-dealkylation sites (N-methyl/N-ethyl adjacent to an activating group) is 1. The Kier molecular flexibility index (Phi) is 3.63. The fraction of sp³-hybridized carbons (Fsp3) is 0.273. The van der Waals surface area contributed by atoms with Gasteiger partial charge in [-0.2, -0.15) is 0 Å². The van der Waals surface area contributed by atoms with E-state index in [4.69, 9.17) is 0 Å². The topological polar surface area (TPSA) is 84.7 Å². The lowest BCUT2D eigenvalue weighted by Gasteiger charge is -2.10. The van der Waals surface area contributed by atoms with Crippen molar-refractivity contribution in [3.63, 3.8) is 0 Å². The Morgan fingerprint density at radius 3 is 2.94 bits per heavy atom. The predicted octanol–water partition coefficient (Wildman–Crippen LogP) is 0.129. The number of nitrogens with one attached hydrogen (secondary N) is 2. The maximum atomic E-state index is 11.5. The highest BCUT2D eigenvalue weighted by molar-refractivity contribution is 5.93. The van der Waals surface area contributed by atoms with E-state index in [1.54, 1.807) is 7.05 Å². The smallest absolute Gasteiger partial charge is 0.238 e. The van der Waals surface area contributed by atoms with Crippen LogP contribution < -0.4 is 10.6 Å². The second-order valence-corrected chi connectivity index (χ2v) is 3.83. The van der Waals surface area contributed by atoms with Crippen LogP contribution in [0.5, 0.6) is 0 Å². The Morgan fingerprint density at radius 1 is 1.44 bits per heavy atom. The summed E-state index contributed by atoms with van der Waals surface area (Å²) in [6.45, 7) is 2.20. The molecule has 0 aliphatic heterocycles. The van der Waals surface area contributed by atoms with Crippen molar-refractivity contribution in [3.8, 4) is 5.69 Å². The van der Waals surface area contributed by atoms with Crippen molar-refractivity contribution in [1.82, 2.24) is 25.5 Å². The van der Waals surface area contributed by atoms with Crippen molar-refractivity contribution in [2.24, 2.45) is 0 Å². The number of hydrogen-bond donors (Lipinski definition) is 2. The standard InChI is InChI=1S/C11H14N6O/c1-8-3-4-9(17-7-13-15-16-17)5-10(8)14-11(18)6-12-2/h3-5,7,12H,6H2,1-2H3,(H,14,18). The van der Waals surface area contributed by atoms with Gasteiger partial charge in [0.2, 0.25) is 5.91 Å². The van der Waals surface area contributed by atoms with Crippen LogP contribution >= 0.6 is 0 Å². The number of nitrogens with zero attached hydrogens (tertiary/aromatic N) is 4. The molecular weight excluding hydrogens is 232 g/mol. The summed E-state index contributed by atoms with van der Waals surface area (Å²) < 4.78 is 1.53. The Hall–Kier alpha value is -2.28. The monoisotopic (exact) mass is 246 g/mol. The zero-order chi connectivity index (χ0) is 13.0. The van der Waals surface area contributed by atoms with E-state index in [-0.39, 0.29) is 12.5 Å². The molecule has 7 nitrogen and oxygen atoms in total. The number of anilines is 1. The van der Waals surface area contributed by atoms with Gasteiger partial charge in [0.15, 0.2) is 0 Å². The van der Waals surface area contributed by atoms with Crippen molar-refractivity contribution in [3.05, 3.63) is 30.1 Å². The molecule has 0 bridgehead atoms. The van der Waals surface area contributed by atoms with E-state index in [9.17, 15) is 4.79 Å². The normalized spacial score (nSPS) is 10.3. The summed E-state index contributed by atoms with van der Waals surface area (Å²) in [5.74, 6) is -0.0885. The quantitative estimate of drug-likeness (QED) is 0.801. The number of aryl methyl sites for hydroxylation is 1. The lowest BCUT2D eigenvalue weighted by molar-refractivity contribution is -0.115. The number of carbonyl (C=O) groups is 1. The molecule has 1 amide bonds. The van der Waals surface area contributed by atoms with Gasteiger partial charge >= 0.3 is 0 Å². The van der Waals surface area contributed by atoms with Crippen LogP contribution in [0.1, 0.15) is 5.56 Å². The highest BCUT2D eigenvalue weighted by atomic mass is 16.1. The van der Waals surface area contributed by atoms with Gasteiger partial charge in [-0.05, 0) is 42.1 Å². The molecule has 94 valence electrons. The maximum Gasteiger partial charge on any atom is 0.238 e. The van der Waals surface area contributed by atoms with Crippen molar-refractivity contribution < 1.29 is 4.79 Å². The summed E-state index contributed by atoms with van der Waals surface area (Å²) in [6.07, 6.45) is 1.50. The van der Waals surface area contributed by atoms with Crippen LogP contribution in [0.15, 0.2) is 24.5 Å². The van der Waals surface area contributed by atoms with Gasteiger partial charge in [0.05, 0.1) is 12.2 Å². The third kappa shape index (κ3) is 2.69. The van der Waals surface area contributed by atoms with Crippen LogP contribution in [0.4, 0.5) is 5.69 Å². The summed E-state index contributed by atoms with van der Waals surface area (Å²) in [5, 5.41) is 16.6. The molecule has 1 heterocycles. The van der Waals surface area contributed by atoms with Crippen LogP contribution in [-0.4, -0.2) is 39.7 Å². The van der Waals surface area contributed by atoms with E-state index in [1.807, 2.05) is 25.1 Å². The van der Waals surface area contributed by atoms with Crippen LogP contribution in [-0.2, 0) is 4.79 Å². The SMILES string of the molecule is CNCC(=O)Nc1cc(-n2cnnn2)ccc1C. The first-order valence-electron chi connectivity index (χ1n) is 5.49. The average molecular weight is 246 g/mol. The fourth-order valence-corrected chi connectivity index (χ4v) is 1.52. The maximum absolute atomic E-state index is 11.5. The van der Waals surface area contributed by atoms with Crippen LogP contribution in [0, 0.1) is 6.92 Å². The first-order valence-corrected chi connectivity index (χ1v) is 5.49. The van der Waals surface area contributed by atoms with Gasteiger partial charge in [-0.15, -0.1) is 5.10 Å². The summed E-state index contributed by atoms with van der Waals surface area (Å²) in [5.41, 5.74) is 2.53. The zero-order valence-corrected chi connectivity index (χ0v) is 10.2. The molecule has 1 aromatic carbocycles.